The molecule has 5 N–H and O–H groups in total. The van der Waals surface area contributed by atoms with Gasteiger partial charge in [-0.05, 0) is 37.6 Å². The molecule has 0 saturated heterocycles. The number of anilines is 1. The summed E-state index contributed by atoms with van der Waals surface area (Å²) in [5.74, 6) is 0.772. The van der Waals surface area contributed by atoms with Crippen molar-refractivity contribution in [3.05, 3.63) is 23.8 Å². The minimum Gasteiger partial charge on any atom is -0.496 e. The number of hydrogen-bond donors (Lipinski definition) is 3. The van der Waals surface area contributed by atoms with Gasteiger partial charge in [0.05, 0.1) is 13.2 Å². The highest BCUT2D eigenvalue weighted by molar-refractivity contribution is 5.57. The molecule has 0 radical (unpaired) electrons. The van der Waals surface area contributed by atoms with E-state index >= 15 is 0 Å². The summed E-state index contributed by atoms with van der Waals surface area (Å²) in [5.41, 5.74) is 12.8. The van der Waals surface area contributed by atoms with E-state index in [0.717, 1.165) is 36.9 Å². The predicted octanol–water partition coefficient (Wildman–Crippen LogP) is 1.06. The number of nitrogens with two attached hydrogens (primary N) is 2. The number of aldehydes is 1. The van der Waals surface area contributed by atoms with Gasteiger partial charge in [-0.2, -0.15) is 0 Å². The van der Waals surface area contributed by atoms with Crippen LogP contribution in [-0.4, -0.2) is 26.0 Å². The maximum atomic E-state index is 11.0. The summed E-state index contributed by atoms with van der Waals surface area (Å²) in [6.45, 7) is 1.22. The van der Waals surface area contributed by atoms with Crippen molar-refractivity contribution in [1.29, 1.82) is 0 Å². The highest BCUT2D eigenvalue weighted by Crippen LogP contribution is 2.20. The van der Waals surface area contributed by atoms with Gasteiger partial charge in [0, 0.05) is 17.8 Å². The number of benzene rings is 1. The standard InChI is InChI=1S/C14H23N3O2/c1-19-14-6-5-12(16)8-11(14)9-17-13(10-18)4-2-3-7-15/h5-6,8,10,13,17H,2-4,7,9,15-16H2,1H3/t13-/m0/s1. The molecule has 5 nitrogen and oxygen atoms in total. The molecule has 1 atom stereocenters. The van der Waals surface area contributed by atoms with Crippen molar-refractivity contribution in [3.63, 3.8) is 0 Å². The summed E-state index contributed by atoms with van der Waals surface area (Å²) in [4.78, 5) is 11.0. The number of nitrogen functional groups attached to an aromatic ring is 1. The minimum absolute atomic E-state index is 0.155. The van der Waals surface area contributed by atoms with Gasteiger partial charge < -0.3 is 26.3 Å². The second-order valence-electron chi connectivity index (χ2n) is 4.48. The maximum absolute atomic E-state index is 11.0. The van der Waals surface area contributed by atoms with Crippen molar-refractivity contribution in [2.24, 2.45) is 5.73 Å². The number of rotatable bonds is 9. The number of unbranched alkanes of at least 4 members (excludes halogenated alkanes) is 1. The van der Waals surface area contributed by atoms with Gasteiger partial charge in [-0.1, -0.05) is 6.42 Å². The molecule has 0 spiro atoms. The SMILES string of the molecule is COc1ccc(N)cc1CN[C@H](C=O)CCCCN. The Hall–Kier alpha value is -1.59. The zero-order valence-corrected chi connectivity index (χ0v) is 11.4. The molecule has 1 rings (SSSR count). The van der Waals surface area contributed by atoms with Crippen LogP contribution in [0.1, 0.15) is 24.8 Å². The third kappa shape index (κ3) is 5.28. The fraction of sp³-hybridized carbons (Fsp3) is 0.500. The Labute approximate surface area is 114 Å². The molecule has 0 aliphatic rings. The molecule has 0 amide bonds. The second-order valence-corrected chi connectivity index (χ2v) is 4.48. The van der Waals surface area contributed by atoms with Crippen molar-refractivity contribution in [2.75, 3.05) is 19.4 Å². The Kier molecular flexibility index (Phi) is 6.92. The van der Waals surface area contributed by atoms with Crippen molar-refractivity contribution < 1.29 is 9.53 Å². The lowest BCUT2D eigenvalue weighted by Crippen LogP contribution is -2.30. The second kappa shape index (κ2) is 8.50. The molecule has 19 heavy (non-hydrogen) atoms. The number of methoxy groups -OCH3 is 1. The van der Waals surface area contributed by atoms with E-state index in [2.05, 4.69) is 5.32 Å². The molecule has 0 fully saturated rings. The molecule has 1 aromatic rings. The molecule has 0 aliphatic carbocycles. The summed E-state index contributed by atoms with van der Waals surface area (Å²) in [6.07, 6.45) is 3.62. The lowest BCUT2D eigenvalue weighted by atomic mass is 10.1. The normalized spacial score (nSPS) is 12.1. The van der Waals surface area contributed by atoms with Crippen LogP contribution in [0.4, 0.5) is 5.69 Å². The third-order valence-corrected chi connectivity index (χ3v) is 2.99. The Bertz CT molecular complexity index is 396. The molecule has 0 bridgehead atoms. The van der Waals surface area contributed by atoms with Crippen molar-refractivity contribution in [2.45, 2.75) is 31.8 Å². The highest BCUT2D eigenvalue weighted by Gasteiger charge is 2.09. The molecular weight excluding hydrogens is 242 g/mol. The quantitative estimate of drug-likeness (QED) is 0.353. The van der Waals surface area contributed by atoms with Gasteiger partial charge in [-0.3, -0.25) is 0 Å². The Morgan fingerprint density at radius 3 is 2.84 bits per heavy atom. The molecule has 5 heteroatoms. The van der Waals surface area contributed by atoms with Crippen LogP contribution in [0.15, 0.2) is 18.2 Å². The Balaban J connectivity index is 2.54. The summed E-state index contributed by atoms with van der Waals surface area (Å²) in [6, 6.07) is 5.32. The topological polar surface area (TPSA) is 90.4 Å². The van der Waals surface area contributed by atoms with Crippen LogP contribution in [0, 0.1) is 0 Å². The molecule has 0 aromatic heterocycles. The van der Waals surface area contributed by atoms with Gasteiger partial charge >= 0.3 is 0 Å². The number of carbonyl (C=O) groups excluding carboxylic acids is 1. The van der Waals surface area contributed by atoms with Crippen molar-refractivity contribution >= 4 is 12.0 Å². The van der Waals surface area contributed by atoms with Gasteiger partial charge in [0.1, 0.15) is 12.0 Å². The van der Waals surface area contributed by atoms with Crippen molar-refractivity contribution in [3.8, 4) is 5.75 Å². The van der Waals surface area contributed by atoms with E-state index in [1.54, 1.807) is 13.2 Å². The number of hydrogen-bond acceptors (Lipinski definition) is 5. The summed E-state index contributed by atoms with van der Waals surface area (Å²) in [7, 11) is 1.62. The van der Waals surface area contributed by atoms with E-state index in [-0.39, 0.29) is 6.04 Å². The average Bonchev–Trinajstić information content (AvgIpc) is 2.43. The zero-order chi connectivity index (χ0) is 14.1. The fourth-order valence-electron chi connectivity index (χ4n) is 1.90. The van der Waals surface area contributed by atoms with Crippen LogP contribution in [0.25, 0.3) is 0 Å². The van der Waals surface area contributed by atoms with Crippen LogP contribution in [0.5, 0.6) is 5.75 Å². The Morgan fingerprint density at radius 1 is 1.42 bits per heavy atom. The van der Waals surface area contributed by atoms with Gasteiger partial charge in [-0.15, -0.1) is 0 Å². The highest BCUT2D eigenvalue weighted by atomic mass is 16.5. The van der Waals surface area contributed by atoms with Crippen LogP contribution in [0.2, 0.25) is 0 Å². The molecule has 0 aliphatic heterocycles. The monoisotopic (exact) mass is 265 g/mol. The van der Waals surface area contributed by atoms with Crippen LogP contribution < -0.4 is 21.5 Å². The average molecular weight is 265 g/mol. The van der Waals surface area contributed by atoms with E-state index < -0.39 is 0 Å². The zero-order valence-electron chi connectivity index (χ0n) is 11.4. The predicted molar refractivity (Wildman–Crippen MR) is 77.0 cm³/mol. The van der Waals surface area contributed by atoms with Gasteiger partial charge in [0.2, 0.25) is 0 Å². The van der Waals surface area contributed by atoms with Gasteiger partial charge in [0.15, 0.2) is 0 Å². The molecule has 0 heterocycles. The van der Waals surface area contributed by atoms with E-state index in [0.29, 0.717) is 18.8 Å². The first-order valence-electron chi connectivity index (χ1n) is 6.52. The minimum atomic E-state index is -0.155. The first-order valence-corrected chi connectivity index (χ1v) is 6.52. The number of nitrogens with one attached hydrogen (secondary N) is 1. The maximum Gasteiger partial charge on any atom is 0.136 e. The van der Waals surface area contributed by atoms with E-state index in [4.69, 9.17) is 16.2 Å². The van der Waals surface area contributed by atoms with Crippen LogP contribution >= 0.6 is 0 Å². The molecule has 0 unspecified atom stereocenters. The fourth-order valence-corrected chi connectivity index (χ4v) is 1.90. The van der Waals surface area contributed by atoms with E-state index in [9.17, 15) is 4.79 Å². The summed E-state index contributed by atoms with van der Waals surface area (Å²) >= 11 is 0. The summed E-state index contributed by atoms with van der Waals surface area (Å²) < 4.78 is 5.26. The third-order valence-electron chi connectivity index (χ3n) is 2.99. The lowest BCUT2D eigenvalue weighted by molar-refractivity contribution is -0.109. The van der Waals surface area contributed by atoms with Crippen molar-refractivity contribution in [1.82, 2.24) is 5.32 Å². The smallest absolute Gasteiger partial charge is 0.136 e. The number of carbonyl (C=O) groups is 1. The molecule has 106 valence electrons. The Morgan fingerprint density at radius 2 is 2.21 bits per heavy atom. The van der Waals surface area contributed by atoms with Crippen LogP contribution in [0.3, 0.4) is 0 Å². The first kappa shape index (κ1) is 15.5. The lowest BCUT2D eigenvalue weighted by Gasteiger charge is -2.14. The van der Waals surface area contributed by atoms with E-state index in [1.165, 1.54) is 0 Å². The van der Waals surface area contributed by atoms with Crippen LogP contribution in [-0.2, 0) is 11.3 Å². The largest absolute Gasteiger partial charge is 0.496 e. The van der Waals surface area contributed by atoms with Gasteiger partial charge in [-0.25, -0.2) is 0 Å². The summed E-state index contributed by atoms with van der Waals surface area (Å²) in [5, 5.41) is 3.20. The van der Waals surface area contributed by atoms with E-state index in [1.807, 2.05) is 12.1 Å². The van der Waals surface area contributed by atoms with Gasteiger partial charge in [0.25, 0.3) is 0 Å². The first-order chi connectivity index (χ1) is 9.21. The number of ether oxygens (including phenoxy) is 1. The molecular formula is C14H23N3O2. The molecule has 1 aromatic carbocycles. The molecule has 0 saturated carbocycles.